The minimum absolute atomic E-state index is 0.00534. The van der Waals surface area contributed by atoms with Crippen LogP contribution in [0.5, 0.6) is 0 Å². The lowest BCUT2D eigenvalue weighted by atomic mass is 9.85. The third-order valence-corrected chi connectivity index (χ3v) is 6.65. The molecule has 30 heavy (non-hydrogen) atoms. The number of hydrogen-bond donors (Lipinski definition) is 0. The molecule has 0 aliphatic carbocycles. The first-order valence-corrected chi connectivity index (χ1v) is 11.1. The SMILES string of the molecule is CCN1C(=O)N(CCc2ccccc2)C2(CCN(CCc3ccccc3)CC2)C1=O. The molecule has 1 spiro atoms. The largest absolute Gasteiger partial charge is 0.327 e. The fourth-order valence-corrected chi connectivity index (χ4v) is 4.82. The minimum atomic E-state index is -0.662. The fraction of sp³-hybridized carbons (Fsp3) is 0.440. The molecule has 0 saturated carbocycles. The summed E-state index contributed by atoms with van der Waals surface area (Å²) in [5, 5.41) is 0. The van der Waals surface area contributed by atoms with Crippen LogP contribution < -0.4 is 0 Å². The molecule has 3 amide bonds. The zero-order valence-corrected chi connectivity index (χ0v) is 17.8. The van der Waals surface area contributed by atoms with Gasteiger partial charge in [-0.2, -0.15) is 0 Å². The molecule has 2 fully saturated rings. The standard InChI is InChI=1S/C25H31N3O2/c1-2-27-23(29)25(28(24(27)30)18-14-22-11-7-4-8-12-22)15-19-26(20-16-25)17-13-21-9-5-3-6-10-21/h3-12H,2,13-20H2,1H3. The van der Waals surface area contributed by atoms with E-state index >= 15 is 0 Å². The van der Waals surface area contributed by atoms with Crippen LogP contribution in [0.2, 0.25) is 0 Å². The van der Waals surface area contributed by atoms with E-state index in [-0.39, 0.29) is 11.9 Å². The van der Waals surface area contributed by atoms with Crippen LogP contribution in [0.3, 0.4) is 0 Å². The summed E-state index contributed by atoms with van der Waals surface area (Å²) < 4.78 is 0. The van der Waals surface area contributed by atoms with E-state index in [1.807, 2.05) is 36.1 Å². The number of rotatable bonds is 7. The highest BCUT2D eigenvalue weighted by Gasteiger charge is 2.57. The van der Waals surface area contributed by atoms with Crippen LogP contribution in [-0.4, -0.2) is 64.9 Å². The Bertz CT molecular complexity index is 860. The van der Waals surface area contributed by atoms with Gasteiger partial charge in [-0.25, -0.2) is 4.79 Å². The third-order valence-electron chi connectivity index (χ3n) is 6.65. The molecule has 2 aliphatic rings. The Labute approximate surface area is 179 Å². The molecule has 4 rings (SSSR count). The van der Waals surface area contributed by atoms with Crippen molar-refractivity contribution < 1.29 is 9.59 Å². The van der Waals surface area contributed by atoms with Crippen molar-refractivity contribution in [1.29, 1.82) is 0 Å². The summed E-state index contributed by atoms with van der Waals surface area (Å²) in [7, 11) is 0. The molecular weight excluding hydrogens is 374 g/mol. The lowest BCUT2D eigenvalue weighted by Gasteiger charge is -2.42. The zero-order chi connectivity index (χ0) is 21.0. The molecule has 158 valence electrons. The van der Waals surface area contributed by atoms with Gasteiger partial charge in [-0.05, 0) is 43.7 Å². The van der Waals surface area contributed by atoms with Gasteiger partial charge in [0.15, 0.2) is 0 Å². The van der Waals surface area contributed by atoms with Crippen LogP contribution >= 0.6 is 0 Å². The van der Waals surface area contributed by atoms with E-state index < -0.39 is 5.54 Å². The van der Waals surface area contributed by atoms with Crippen molar-refractivity contribution in [1.82, 2.24) is 14.7 Å². The molecule has 2 heterocycles. The highest BCUT2D eigenvalue weighted by atomic mass is 16.2. The van der Waals surface area contributed by atoms with Crippen molar-refractivity contribution in [2.24, 2.45) is 0 Å². The zero-order valence-electron chi connectivity index (χ0n) is 17.8. The summed E-state index contributed by atoms with van der Waals surface area (Å²) in [5.74, 6) is 0.00534. The lowest BCUT2D eigenvalue weighted by molar-refractivity contribution is -0.135. The molecule has 0 atom stereocenters. The topological polar surface area (TPSA) is 43.9 Å². The van der Waals surface area contributed by atoms with Crippen LogP contribution in [-0.2, 0) is 17.6 Å². The van der Waals surface area contributed by atoms with E-state index in [0.29, 0.717) is 13.1 Å². The van der Waals surface area contributed by atoms with E-state index in [9.17, 15) is 9.59 Å². The summed E-state index contributed by atoms with van der Waals surface area (Å²) in [6.45, 7) is 5.62. The van der Waals surface area contributed by atoms with Crippen molar-refractivity contribution in [2.45, 2.75) is 38.1 Å². The van der Waals surface area contributed by atoms with Crippen LogP contribution in [0.15, 0.2) is 60.7 Å². The second-order valence-electron chi connectivity index (χ2n) is 8.33. The van der Waals surface area contributed by atoms with Crippen molar-refractivity contribution in [3.05, 3.63) is 71.8 Å². The molecule has 5 nitrogen and oxygen atoms in total. The Hall–Kier alpha value is -2.66. The van der Waals surface area contributed by atoms with E-state index in [1.54, 1.807) is 0 Å². The Kier molecular flexibility index (Phi) is 6.18. The number of carbonyl (C=O) groups excluding carboxylic acids is 2. The monoisotopic (exact) mass is 405 g/mol. The number of likely N-dealkylation sites (tertiary alicyclic amines) is 1. The predicted octanol–water partition coefficient (Wildman–Crippen LogP) is 3.59. The fourth-order valence-electron chi connectivity index (χ4n) is 4.82. The number of nitrogens with zero attached hydrogens (tertiary/aromatic N) is 3. The maximum Gasteiger partial charge on any atom is 0.327 e. The second kappa shape index (κ2) is 9.00. The van der Waals surface area contributed by atoms with Crippen molar-refractivity contribution >= 4 is 11.9 Å². The van der Waals surface area contributed by atoms with Gasteiger partial charge in [0.05, 0.1) is 0 Å². The average Bonchev–Trinajstić information content (AvgIpc) is 2.99. The Balaban J connectivity index is 1.43. The molecule has 0 bridgehead atoms. The van der Waals surface area contributed by atoms with Gasteiger partial charge in [0.2, 0.25) is 0 Å². The smallest absolute Gasteiger partial charge is 0.309 e. The van der Waals surface area contributed by atoms with Gasteiger partial charge >= 0.3 is 6.03 Å². The molecule has 2 aromatic carbocycles. The van der Waals surface area contributed by atoms with E-state index in [2.05, 4.69) is 41.3 Å². The summed E-state index contributed by atoms with van der Waals surface area (Å²) in [4.78, 5) is 32.1. The first kappa shape index (κ1) is 20.6. The van der Waals surface area contributed by atoms with Crippen molar-refractivity contribution in [3.63, 3.8) is 0 Å². The first-order valence-electron chi connectivity index (χ1n) is 11.1. The summed E-state index contributed by atoms with van der Waals surface area (Å²) in [6, 6.07) is 20.6. The Morgan fingerprint density at radius 1 is 0.800 bits per heavy atom. The van der Waals surface area contributed by atoms with Crippen LogP contribution in [0, 0.1) is 0 Å². The molecule has 0 N–H and O–H groups in total. The number of benzene rings is 2. The molecule has 2 aliphatic heterocycles. The molecule has 0 radical (unpaired) electrons. The molecule has 2 aromatic rings. The highest BCUT2D eigenvalue weighted by Crippen LogP contribution is 2.37. The van der Waals surface area contributed by atoms with E-state index in [4.69, 9.17) is 0 Å². The number of urea groups is 1. The summed E-state index contributed by atoms with van der Waals surface area (Å²) >= 11 is 0. The van der Waals surface area contributed by atoms with Gasteiger partial charge in [0.1, 0.15) is 5.54 Å². The predicted molar refractivity (Wildman–Crippen MR) is 118 cm³/mol. The summed E-state index contributed by atoms with van der Waals surface area (Å²) in [5.41, 5.74) is 1.88. The van der Waals surface area contributed by atoms with Gasteiger partial charge in [0.25, 0.3) is 5.91 Å². The second-order valence-corrected chi connectivity index (χ2v) is 8.33. The van der Waals surface area contributed by atoms with Gasteiger partial charge in [-0.3, -0.25) is 9.69 Å². The van der Waals surface area contributed by atoms with Crippen LogP contribution in [0.1, 0.15) is 30.9 Å². The third kappa shape index (κ3) is 3.99. The van der Waals surface area contributed by atoms with Crippen molar-refractivity contribution in [3.8, 4) is 0 Å². The number of piperidine rings is 1. The first-order chi connectivity index (χ1) is 14.6. The quantitative estimate of drug-likeness (QED) is 0.661. The van der Waals surface area contributed by atoms with Gasteiger partial charge in [0, 0.05) is 32.7 Å². The molecule has 0 unspecified atom stereocenters. The number of carbonyl (C=O) groups is 2. The van der Waals surface area contributed by atoms with Gasteiger partial charge in [-0.1, -0.05) is 60.7 Å². The number of likely N-dealkylation sites (N-methyl/N-ethyl adjacent to an activating group) is 1. The lowest BCUT2D eigenvalue weighted by Crippen LogP contribution is -2.57. The van der Waals surface area contributed by atoms with Gasteiger partial charge < -0.3 is 9.80 Å². The van der Waals surface area contributed by atoms with Crippen molar-refractivity contribution in [2.75, 3.05) is 32.7 Å². The summed E-state index contributed by atoms with van der Waals surface area (Å²) in [6.07, 6.45) is 3.23. The molecular formula is C25H31N3O2. The van der Waals surface area contributed by atoms with E-state index in [0.717, 1.165) is 45.3 Å². The molecule has 2 saturated heterocycles. The maximum absolute atomic E-state index is 13.3. The number of hydrogen-bond acceptors (Lipinski definition) is 3. The van der Waals surface area contributed by atoms with E-state index in [1.165, 1.54) is 16.0 Å². The Morgan fingerprint density at radius 2 is 1.33 bits per heavy atom. The van der Waals surface area contributed by atoms with Crippen LogP contribution in [0.4, 0.5) is 4.79 Å². The normalized spacial score (nSPS) is 19.1. The number of imide groups is 1. The highest BCUT2D eigenvalue weighted by molar-refractivity contribution is 6.07. The van der Waals surface area contributed by atoms with Crippen LogP contribution in [0.25, 0.3) is 0 Å². The van der Waals surface area contributed by atoms with Gasteiger partial charge in [-0.15, -0.1) is 0 Å². The molecule has 0 aromatic heterocycles. The minimum Gasteiger partial charge on any atom is -0.309 e. The number of amides is 3. The maximum atomic E-state index is 13.3. The average molecular weight is 406 g/mol. The Morgan fingerprint density at radius 3 is 1.87 bits per heavy atom. The molecule has 5 heteroatoms.